The second-order valence-electron chi connectivity index (χ2n) is 5.16. The van der Waals surface area contributed by atoms with Crippen LogP contribution in [0.25, 0.3) is 0 Å². The predicted molar refractivity (Wildman–Crippen MR) is 73.2 cm³/mol. The lowest BCUT2D eigenvalue weighted by Crippen LogP contribution is -2.28. The molecule has 0 bridgehead atoms. The van der Waals surface area contributed by atoms with Gasteiger partial charge in [0.05, 0.1) is 16.5 Å². The molecule has 1 N–H and O–H groups in total. The van der Waals surface area contributed by atoms with Crippen LogP contribution in [0.5, 0.6) is 5.75 Å². The van der Waals surface area contributed by atoms with Gasteiger partial charge in [0.25, 0.3) is 0 Å². The Bertz CT molecular complexity index is 569. The Morgan fingerprint density at radius 3 is 2.50 bits per heavy atom. The van der Waals surface area contributed by atoms with E-state index in [1.807, 2.05) is 13.8 Å². The Morgan fingerprint density at radius 2 is 2.06 bits per heavy atom. The van der Waals surface area contributed by atoms with Crippen molar-refractivity contribution in [3.05, 3.63) is 22.7 Å². The third kappa shape index (κ3) is 2.70. The standard InChI is InChI=1S/C12H16BrNO3S/c1-12(2)7-11(12)14-18(15,16)8-4-5-10(17-3)9(13)6-8/h4-6,11,14H,7H2,1-3H3. The summed E-state index contributed by atoms with van der Waals surface area (Å²) in [6, 6.07) is 4.76. The van der Waals surface area contributed by atoms with Crippen LogP contribution in [-0.2, 0) is 10.0 Å². The molecule has 18 heavy (non-hydrogen) atoms. The van der Waals surface area contributed by atoms with Gasteiger partial charge in [-0.3, -0.25) is 0 Å². The third-order valence-electron chi connectivity index (χ3n) is 3.24. The zero-order valence-corrected chi connectivity index (χ0v) is 12.9. The molecule has 0 aliphatic heterocycles. The van der Waals surface area contributed by atoms with E-state index in [2.05, 4.69) is 20.7 Å². The van der Waals surface area contributed by atoms with Gasteiger partial charge < -0.3 is 4.74 Å². The maximum absolute atomic E-state index is 12.1. The van der Waals surface area contributed by atoms with Crippen molar-refractivity contribution < 1.29 is 13.2 Å². The molecule has 1 atom stereocenters. The van der Waals surface area contributed by atoms with Crippen LogP contribution in [0.2, 0.25) is 0 Å². The van der Waals surface area contributed by atoms with Crippen LogP contribution >= 0.6 is 15.9 Å². The molecule has 1 aromatic carbocycles. The summed E-state index contributed by atoms with van der Waals surface area (Å²) < 4.78 is 32.7. The van der Waals surface area contributed by atoms with Crippen LogP contribution in [0.3, 0.4) is 0 Å². The second-order valence-corrected chi connectivity index (χ2v) is 7.73. The van der Waals surface area contributed by atoms with Crippen molar-refractivity contribution in [2.45, 2.75) is 31.2 Å². The SMILES string of the molecule is COc1ccc(S(=O)(=O)NC2CC2(C)C)cc1Br. The van der Waals surface area contributed by atoms with E-state index in [1.165, 1.54) is 0 Å². The predicted octanol–water partition coefficient (Wildman–Crippen LogP) is 2.53. The smallest absolute Gasteiger partial charge is 0.240 e. The van der Waals surface area contributed by atoms with E-state index in [0.29, 0.717) is 10.2 Å². The first-order valence-corrected chi connectivity index (χ1v) is 7.90. The third-order valence-corrected chi connectivity index (χ3v) is 5.33. The number of nitrogens with one attached hydrogen (secondary N) is 1. The highest BCUT2D eigenvalue weighted by Gasteiger charge is 2.47. The Hall–Kier alpha value is -0.590. The van der Waals surface area contributed by atoms with Crippen LogP contribution < -0.4 is 9.46 Å². The molecule has 6 heteroatoms. The van der Waals surface area contributed by atoms with Crippen molar-refractivity contribution in [3.63, 3.8) is 0 Å². The number of methoxy groups -OCH3 is 1. The van der Waals surface area contributed by atoms with Crippen LogP contribution in [0.4, 0.5) is 0 Å². The summed E-state index contributed by atoms with van der Waals surface area (Å²) in [7, 11) is -1.91. The molecule has 4 nitrogen and oxygen atoms in total. The maximum atomic E-state index is 12.1. The minimum absolute atomic E-state index is 0.0309. The van der Waals surface area contributed by atoms with Crippen molar-refractivity contribution in [2.24, 2.45) is 5.41 Å². The van der Waals surface area contributed by atoms with Gasteiger partial charge in [0.2, 0.25) is 10.0 Å². The van der Waals surface area contributed by atoms with E-state index in [9.17, 15) is 8.42 Å². The molecule has 0 saturated heterocycles. The molecular formula is C12H16BrNO3S. The van der Waals surface area contributed by atoms with Gasteiger partial charge in [-0.2, -0.15) is 0 Å². The van der Waals surface area contributed by atoms with E-state index in [0.717, 1.165) is 6.42 Å². The fraction of sp³-hybridized carbons (Fsp3) is 0.500. The number of benzene rings is 1. The minimum atomic E-state index is -3.45. The van der Waals surface area contributed by atoms with Gasteiger partial charge in [-0.15, -0.1) is 0 Å². The van der Waals surface area contributed by atoms with Crippen molar-refractivity contribution in [1.82, 2.24) is 4.72 Å². The number of ether oxygens (including phenoxy) is 1. The van der Waals surface area contributed by atoms with E-state index < -0.39 is 10.0 Å². The average molecular weight is 334 g/mol. The molecule has 2 rings (SSSR count). The lowest BCUT2D eigenvalue weighted by molar-refractivity contribution is 0.411. The first-order valence-electron chi connectivity index (χ1n) is 5.62. The number of hydrogen-bond donors (Lipinski definition) is 1. The molecule has 0 spiro atoms. The largest absolute Gasteiger partial charge is 0.496 e. The van der Waals surface area contributed by atoms with Crippen LogP contribution in [-0.4, -0.2) is 21.6 Å². The first kappa shape index (κ1) is 13.8. The van der Waals surface area contributed by atoms with E-state index in [-0.39, 0.29) is 16.4 Å². The van der Waals surface area contributed by atoms with Crippen LogP contribution in [0.15, 0.2) is 27.6 Å². The van der Waals surface area contributed by atoms with E-state index in [4.69, 9.17) is 4.74 Å². The van der Waals surface area contributed by atoms with E-state index in [1.54, 1.807) is 25.3 Å². The Labute approximate surface area is 116 Å². The molecule has 0 heterocycles. The van der Waals surface area contributed by atoms with Crippen molar-refractivity contribution >= 4 is 26.0 Å². The number of halogens is 1. The summed E-state index contributed by atoms with van der Waals surface area (Å²) in [5, 5.41) is 0. The molecule has 0 amide bonds. The normalized spacial score (nSPS) is 21.7. The fourth-order valence-electron chi connectivity index (χ4n) is 1.74. The number of hydrogen-bond acceptors (Lipinski definition) is 3. The summed E-state index contributed by atoms with van der Waals surface area (Å²) in [6.45, 7) is 4.09. The molecule has 1 aromatic rings. The summed E-state index contributed by atoms with van der Waals surface area (Å²) in [4.78, 5) is 0.248. The zero-order chi connectivity index (χ0) is 13.6. The molecular weight excluding hydrogens is 318 g/mol. The average Bonchev–Trinajstić information content (AvgIpc) is 2.84. The Morgan fingerprint density at radius 1 is 1.44 bits per heavy atom. The van der Waals surface area contributed by atoms with Gasteiger partial charge in [0, 0.05) is 6.04 Å². The molecule has 1 unspecified atom stereocenters. The van der Waals surface area contributed by atoms with E-state index >= 15 is 0 Å². The van der Waals surface area contributed by atoms with Gasteiger partial charge >= 0.3 is 0 Å². The van der Waals surface area contributed by atoms with Crippen LogP contribution in [0.1, 0.15) is 20.3 Å². The monoisotopic (exact) mass is 333 g/mol. The molecule has 1 fully saturated rings. The fourth-order valence-corrected chi connectivity index (χ4v) is 3.86. The van der Waals surface area contributed by atoms with Crippen LogP contribution in [0, 0.1) is 5.41 Å². The molecule has 1 aliphatic rings. The highest BCUT2D eigenvalue weighted by molar-refractivity contribution is 9.10. The molecule has 0 aromatic heterocycles. The first-order chi connectivity index (χ1) is 8.26. The summed E-state index contributed by atoms with van der Waals surface area (Å²) >= 11 is 3.29. The second kappa shape index (κ2) is 4.51. The summed E-state index contributed by atoms with van der Waals surface area (Å²) in [5.74, 6) is 0.612. The Balaban J connectivity index is 2.23. The summed E-state index contributed by atoms with van der Waals surface area (Å²) in [5.41, 5.74) is 0.0662. The quantitative estimate of drug-likeness (QED) is 0.921. The van der Waals surface area contributed by atoms with Crippen molar-refractivity contribution in [3.8, 4) is 5.75 Å². The maximum Gasteiger partial charge on any atom is 0.240 e. The number of rotatable bonds is 4. The molecule has 0 radical (unpaired) electrons. The van der Waals surface area contributed by atoms with Gasteiger partial charge in [-0.25, -0.2) is 13.1 Å². The van der Waals surface area contributed by atoms with Crippen molar-refractivity contribution in [2.75, 3.05) is 7.11 Å². The highest BCUT2D eigenvalue weighted by Crippen LogP contribution is 2.45. The number of sulfonamides is 1. The summed E-state index contributed by atoms with van der Waals surface area (Å²) in [6.07, 6.45) is 0.879. The van der Waals surface area contributed by atoms with Gasteiger partial charge in [0.1, 0.15) is 5.75 Å². The van der Waals surface area contributed by atoms with Crippen molar-refractivity contribution in [1.29, 1.82) is 0 Å². The minimum Gasteiger partial charge on any atom is -0.496 e. The Kier molecular flexibility index (Phi) is 3.46. The molecule has 100 valence electrons. The van der Waals surface area contributed by atoms with Gasteiger partial charge in [-0.1, -0.05) is 13.8 Å². The van der Waals surface area contributed by atoms with Gasteiger partial charge in [0.15, 0.2) is 0 Å². The highest BCUT2D eigenvalue weighted by atomic mass is 79.9. The molecule has 1 saturated carbocycles. The lowest BCUT2D eigenvalue weighted by Gasteiger charge is -2.10. The van der Waals surface area contributed by atoms with Gasteiger partial charge in [-0.05, 0) is 46.0 Å². The zero-order valence-electron chi connectivity index (χ0n) is 10.5. The topological polar surface area (TPSA) is 55.4 Å². The lowest BCUT2D eigenvalue weighted by atomic mass is 10.2. The molecule has 1 aliphatic carbocycles.